The van der Waals surface area contributed by atoms with E-state index in [0.29, 0.717) is 59.4 Å². The van der Waals surface area contributed by atoms with Gasteiger partial charge in [0.1, 0.15) is 0 Å². The summed E-state index contributed by atoms with van der Waals surface area (Å²) in [6.07, 6.45) is 0. The van der Waals surface area contributed by atoms with Crippen LogP contribution in [0.1, 0.15) is 20.8 Å². The average molecular weight is 389 g/mol. The van der Waals surface area contributed by atoms with Gasteiger partial charge in [-0.25, -0.2) is 0 Å². The van der Waals surface area contributed by atoms with Gasteiger partial charge in [-0.3, -0.25) is 0 Å². The highest BCUT2D eigenvalue weighted by Crippen LogP contribution is 2.42. The molecule has 0 fully saturated rings. The quantitative estimate of drug-likeness (QED) is 0.524. The molecule has 1 aromatic heterocycles. The van der Waals surface area contributed by atoms with E-state index < -0.39 is 0 Å². The van der Waals surface area contributed by atoms with Crippen LogP contribution in [-0.4, -0.2) is 30.0 Å². The molecule has 142 valence electrons. The van der Waals surface area contributed by atoms with Crippen molar-refractivity contribution < 1.29 is 18.6 Å². The molecule has 7 heteroatoms. The van der Waals surface area contributed by atoms with Gasteiger partial charge in [0.05, 0.1) is 19.8 Å². The van der Waals surface area contributed by atoms with Crippen LogP contribution in [0.3, 0.4) is 0 Å². The zero-order valence-electron chi connectivity index (χ0n) is 15.5. The third-order valence-electron chi connectivity index (χ3n) is 3.65. The van der Waals surface area contributed by atoms with Crippen molar-refractivity contribution >= 4 is 11.6 Å². The Labute approximate surface area is 163 Å². The van der Waals surface area contributed by atoms with Crippen molar-refractivity contribution in [2.24, 2.45) is 0 Å². The normalized spacial score (nSPS) is 10.7. The summed E-state index contributed by atoms with van der Waals surface area (Å²) in [6.45, 7) is 7.21. The van der Waals surface area contributed by atoms with E-state index in [1.165, 1.54) is 0 Å². The molecule has 6 nitrogen and oxygen atoms in total. The number of hydrogen-bond acceptors (Lipinski definition) is 6. The fraction of sp³-hybridized carbons (Fsp3) is 0.300. The Balaban J connectivity index is 2.03. The lowest BCUT2D eigenvalue weighted by molar-refractivity contribution is 0.261. The maximum atomic E-state index is 6.04. The summed E-state index contributed by atoms with van der Waals surface area (Å²) in [5.41, 5.74) is 1.44. The first kappa shape index (κ1) is 19.0. The van der Waals surface area contributed by atoms with Crippen LogP contribution in [0.5, 0.6) is 17.2 Å². The van der Waals surface area contributed by atoms with Gasteiger partial charge in [0.2, 0.25) is 17.5 Å². The summed E-state index contributed by atoms with van der Waals surface area (Å²) in [5.74, 6) is 2.46. The molecule has 0 atom stereocenters. The Morgan fingerprint density at radius 2 is 1.41 bits per heavy atom. The van der Waals surface area contributed by atoms with E-state index in [0.717, 1.165) is 5.56 Å². The first-order valence-corrected chi connectivity index (χ1v) is 9.20. The molecule has 0 amide bonds. The van der Waals surface area contributed by atoms with Crippen LogP contribution < -0.4 is 14.2 Å². The van der Waals surface area contributed by atoms with Crippen LogP contribution in [0.15, 0.2) is 40.8 Å². The van der Waals surface area contributed by atoms with Gasteiger partial charge in [0, 0.05) is 16.1 Å². The zero-order chi connectivity index (χ0) is 19.2. The van der Waals surface area contributed by atoms with Gasteiger partial charge in [0.15, 0.2) is 11.5 Å². The van der Waals surface area contributed by atoms with Crippen molar-refractivity contribution in [3.8, 4) is 40.2 Å². The molecule has 0 radical (unpaired) electrons. The number of halogens is 1. The molecule has 0 N–H and O–H groups in total. The van der Waals surface area contributed by atoms with E-state index in [1.807, 2.05) is 45.0 Å². The molecule has 0 aliphatic heterocycles. The fourth-order valence-corrected chi connectivity index (χ4v) is 2.78. The van der Waals surface area contributed by atoms with Crippen LogP contribution in [-0.2, 0) is 0 Å². The van der Waals surface area contributed by atoms with Crippen molar-refractivity contribution in [2.75, 3.05) is 19.8 Å². The number of benzene rings is 2. The second kappa shape index (κ2) is 8.77. The number of aromatic nitrogens is 2. The highest BCUT2D eigenvalue weighted by molar-refractivity contribution is 6.30. The van der Waals surface area contributed by atoms with Crippen molar-refractivity contribution in [3.63, 3.8) is 0 Å². The van der Waals surface area contributed by atoms with E-state index in [4.69, 9.17) is 30.2 Å². The van der Waals surface area contributed by atoms with E-state index >= 15 is 0 Å². The molecule has 0 spiro atoms. The van der Waals surface area contributed by atoms with Crippen LogP contribution in [0.2, 0.25) is 5.02 Å². The van der Waals surface area contributed by atoms with Gasteiger partial charge in [-0.15, -0.1) is 10.2 Å². The maximum Gasteiger partial charge on any atom is 0.248 e. The Bertz CT molecular complexity index is 883. The smallest absolute Gasteiger partial charge is 0.248 e. The first-order valence-electron chi connectivity index (χ1n) is 8.82. The van der Waals surface area contributed by atoms with Crippen molar-refractivity contribution in [3.05, 3.63) is 41.4 Å². The lowest BCUT2D eigenvalue weighted by Crippen LogP contribution is -2.03. The van der Waals surface area contributed by atoms with Gasteiger partial charge in [-0.2, -0.15) is 0 Å². The molecular weight excluding hydrogens is 368 g/mol. The molecular formula is C20H21ClN2O4. The molecule has 0 aliphatic carbocycles. The largest absolute Gasteiger partial charge is 0.490 e. The monoisotopic (exact) mass is 388 g/mol. The number of rotatable bonds is 8. The minimum atomic E-state index is 0.356. The highest BCUT2D eigenvalue weighted by atomic mass is 35.5. The minimum absolute atomic E-state index is 0.356. The van der Waals surface area contributed by atoms with Crippen molar-refractivity contribution in [1.29, 1.82) is 0 Å². The number of hydrogen-bond donors (Lipinski definition) is 0. The van der Waals surface area contributed by atoms with E-state index in [2.05, 4.69) is 10.2 Å². The van der Waals surface area contributed by atoms with Gasteiger partial charge >= 0.3 is 0 Å². The molecule has 27 heavy (non-hydrogen) atoms. The molecule has 0 saturated carbocycles. The minimum Gasteiger partial charge on any atom is -0.490 e. The third kappa shape index (κ3) is 4.34. The van der Waals surface area contributed by atoms with Gasteiger partial charge in [0.25, 0.3) is 0 Å². The summed E-state index contributed by atoms with van der Waals surface area (Å²) >= 11 is 6.04. The number of nitrogens with zero attached hydrogens (tertiary/aromatic N) is 2. The predicted octanol–water partition coefficient (Wildman–Crippen LogP) is 5.25. The SMILES string of the molecule is CCOc1cc(-c2nnc(-c3cccc(Cl)c3)o2)cc(OCC)c1OCC. The Hall–Kier alpha value is -2.73. The second-order valence-electron chi connectivity index (χ2n) is 5.52. The topological polar surface area (TPSA) is 66.6 Å². The van der Waals surface area contributed by atoms with Crippen LogP contribution in [0.25, 0.3) is 22.9 Å². The first-order chi connectivity index (χ1) is 13.2. The second-order valence-corrected chi connectivity index (χ2v) is 5.96. The molecule has 2 aromatic carbocycles. The summed E-state index contributed by atoms with van der Waals surface area (Å²) in [6, 6.07) is 10.9. The van der Waals surface area contributed by atoms with Crippen molar-refractivity contribution in [2.45, 2.75) is 20.8 Å². The molecule has 1 heterocycles. The van der Waals surface area contributed by atoms with Crippen LogP contribution in [0.4, 0.5) is 0 Å². The van der Waals surface area contributed by atoms with E-state index in [1.54, 1.807) is 12.1 Å². The molecule has 0 unspecified atom stereocenters. The Kier molecular flexibility index (Phi) is 6.19. The zero-order valence-corrected chi connectivity index (χ0v) is 16.2. The maximum absolute atomic E-state index is 6.04. The molecule has 0 saturated heterocycles. The Morgan fingerprint density at radius 1 is 0.815 bits per heavy atom. The van der Waals surface area contributed by atoms with E-state index in [-0.39, 0.29) is 0 Å². The van der Waals surface area contributed by atoms with Crippen molar-refractivity contribution in [1.82, 2.24) is 10.2 Å². The lowest BCUT2D eigenvalue weighted by atomic mass is 10.1. The lowest BCUT2D eigenvalue weighted by Gasteiger charge is -2.16. The molecule has 0 aliphatic rings. The number of ether oxygens (including phenoxy) is 3. The molecule has 3 aromatic rings. The van der Waals surface area contributed by atoms with E-state index in [9.17, 15) is 0 Å². The predicted molar refractivity (Wildman–Crippen MR) is 104 cm³/mol. The average Bonchev–Trinajstić information content (AvgIpc) is 3.15. The summed E-state index contributed by atoms with van der Waals surface area (Å²) in [7, 11) is 0. The summed E-state index contributed by atoms with van der Waals surface area (Å²) < 4.78 is 23.0. The molecule has 0 bridgehead atoms. The standard InChI is InChI=1S/C20H21ClN2O4/c1-4-24-16-11-14(12-17(25-5-2)18(16)26-6-3)20-23-22-19(27-20)13-8-7-9-15(21)10-13/h7-12H,4-6H2,1-3H3. The fourth-order valence-electron chi connectivity index (χ4n) is 2.59. The van der Waals surface area contributed by atoms with Gasteiger partial charge in [-0.1, -0.05) is 17.7 Å². The summed E-state index contributed by atoms with van der Waals surface area (Å²) in [4.78, 5) is 0. The summed E-state index contributed by atoms with van der Waals surface area (Å²) in [5, 5.41) is 8.89. The van der Waals surface area contributed by atoms with Crippen LogP contribution in [0, 0.1) is 0 Å². The highest BCUT2D eigenvalue weighted by Gasteiger charge is 2.19. The molecule has 3 rings (SSSR count). The van der Waals surface area contributed by atoms with Crippen LogP contribution >= 0.6 is 11.6 Å². The van der Waals surface area contributed by atoms with Gasteiger partial charge < -0.3 is 18.6 Å². The van der Waals surface area contributed by atoms with Gasteiger partial charge in [-0.05, 0) is 51.1 Å². The Morgan fingerprint density at radius 3 is 1.96 bits per heavy atom. The third-order valence-corrected chi connectivity index (χ3v) is 3.89.